The molecular weight excluding hydrogens is 414 g/mol. The number of likely N-dealkylation sites (tertiary alicyclic amines) is 1. The molecule has 0 aromatic carbocycles. The predicted molar refractivity (Wildman–Crippen MR) is 130 cm³/mol. The second-order valence-electron chi connectivity index (χ2n) is 10.8. The van der Waals surface area contributed by atoms with Gasteiger partial charge in [-0.25, -0.2) is 0 Å². The molecule has 0 radical (unpaired) electrons. The summed E-state index contributed by atoms with van der Waals surface area (Å²) in [5, 5.41) is 8.74. The Morgan fingerprint density at radius 2 is 1.73 bits per heavy atom. The number of piperidine rings is 1. The van der Waals surface area contributed by atoms with Crippen molar-refractivity contribution in [3.05, 3.63) is 17.0 Å². The van der Waals surface area contributed by atoms with Gasteiger partial charge in [-0.1, -0.05) is 25.7 Å². The van der Waals surface area contributed by atoms with E-state index in [0.717, 1.165) is 83.7 Å². The lowest BCUT2D eigenvalue weighted by Crippen LogP contribution is -2.59. The highest BCUT2D eigenvalue weighted by molar-refractivity contribution is 5.94. The molecule has 2 aliphatic carbocycles. The van der Waals surface area contributed by atoms with E-state index in [0.29, 0.717) is 6.04 Å². The zero-order valence-electron chi connectivity index (χ0n) is 20.6. The topological polar surface area (TPSA) is 62.6 Å². The second kappa shape index (κ2) is 10.4. The maximum absolute atomic E-state index is 13.3. The van der Waals surface area contributed by atoms with Crippen molar-refractivity contribution >= 4 is 5.91 Å². The van der Waals surface area contributed by atoms with Crippen LogP contribution in [0.25, 0.3) is 0 Å². The number of nitrogens with one attached hydrogen (secondary N) is 1. The molecule has 2 saturated heterocycles. The first-order valence-corrected chi connectivity index (χ1v) is 13.6. The van der Waals surface area contributed by atoms with Crippen LogP contribution < -0.4 is 5.32 Å². The zero-order valence-corrected chi connectivity index (χ0v) is 20.6. The molecule has 7 heteroatoms. The first kappa shape index (κ1) is 23.3. The predicted octanol–water partition coefficient (Wildman–Crippen LogP) is 2.92. The molecule has 3 heterocycles. The molecule has 1 aromatic rings. The third-order valence-electron chi connectivity index (χ3n) is 8.74. The van der Waals surface area contributed by atoms with Crippen LogP contribution in [0.5, 0.6) is 0 Å². The average Bonchev–Trinajstić information content (AvgIpc) is 3.03. The van der Waals surface area contributed by atoms with Crippen LogP contribution in [-0.2, 0) is 24.6 Å². The first-order chi connectivity index (χ1) is 16.2. The fraction of sp³-hybridized carbons (Fsp3) is 0.846. The lowest BCUT2D eigenvalue weighted by Gasteiger charge is -2.46. The molecule has 184 valence electrons. The number of carbonyl (C=O) groups is 1. The largest absolute Gasteiger partial charge is 0.379 e. The molecule has 0 bridgehead atoms. The quantitative estimate of drug-likeness (QED) is 0.689. The molecule has 1 aromatic heterocycles. The van der Waals surface area contributed by atoms with E-state index < -0.39 is 0 Å². The van der Waals surface area contributed by atoms with Crippen LogP contribution in [0.15, 0.2) is 0 Å². The maximum Gasteiger partial charge on any atom is 0.274 e. The Morgan fingerprint density at radius 1 is 1.03 bits per heavy atom. The van der Waals surface area contributed by atoms with Crippen LogP contribution in [0.2, 0.25) is 0 Å². The molecule has 0 spiro atoms. The number of carbonyl (C=O) groups excluding carboxylic acids is 1. The van der Waals surface area contributed by atoms with Crippen LogP contribution in [0.1, 0.15) is 86.0 Å². The molecule has 1 N–H and O–H groups in total. The molecule has 1 unspecified atom stereocenters. The highest BCUT2D eigenvalue weighted by Gasteiger charge is 2.39. The Labute approximate surface area is 199 Å². The van der Waals surface area contributed by atoms with Crippen molar-refractivity contribution in [3.63, 3.8) is 0 Å². The van der Waals surface area contributed by atoms with E-state index in [9.17, 15) is 4.79 Å². The molecule has 33 heavy (non-hydrogen) atoms. The number of amides is 1. The molecule has 4 aliphatic rings. The molecule has 2 aliphatic heterocycles. The van der Waals surface area contributed by atoms with Crippen LogP contribution in [0.4, 0.5) is 0 Å². The fourth-order valence-electron chi connectivity index (χ4n) is 6.75. The van der Waals surface area contributed by atoms with Gasteiger partial charge in [0.05, 0.1) is 13.2 Å². The van der Waals surface area contributed by atoms with Gasteiger partial charge in [0.1, 0.15) is 0 Å². The maximum atomic E-state index is 13.3. The van der Waals surface area contributed by atoms with Crippen molar-refractivity contribution in [3.8, 4) is 0 Å². The van der Waals surface area contributed by atoms with E-state index in [-0.39, 0.29) is 11.4 Å². The average molecular weight is 458 g/mol. The number of ether oxygens (including phenoxy) is 1. The minimum atomic E-state index is 0.153. The van der Waals surface area contributed by atoms with Gasteiger partial charge < -0.3 is 15.0 Å². The lowest BCUT2D eigenvalue weighted by molar-refractivity contribution is -0.0297. The number of nitrogens with zero attached hydrogens (tertiary/aromatic N) is 4. The van der Waals surface area contributed by atoms with E-state index in [1.807, 2.05) is 16.6 Å². The van der Waals surface area contributed by atoms with Crippen molar-refractivity contribution in [2.24, 2.45) is 7.05 Å². The molecule has 1 saturated carbocycles. The Balaban J connectivity index is 1.29. The van der Waals surface area contributed by atoms with Crippen LogP contribution in [-0.4, -0.2) is 83.0 Å². The summed E-state index contributed by atoms with van der Waals surface area (Å²) in [4.78, 5) is 18.1. The van der Waals surface area contributed by atoms with Gasteiger partial charge in [0.2, 0.25) is 0 Å². The van der Waals surface area contributed by atoms with E-state index in [2.05, 4.69) is 10.2 Å². The summed E-state index contributed by atoms with van der Waals surface area (Å²) in [5.74, 6) is 0.153. The molecule has 3 fully saturated rings. The first-order valence-electron chi connectivity index (χ1n) is 13.6. The normalized spacial score (nSPS) is 26.6. The number of aromatic nitrogens is 2. The van der Waals surface area contributed by atoms with Crippen LogP contribution >= 0.6 is 0 Å². The van der Waals surface area contributed by atoms with Gasteiger partial charge in [0, 0.05) is 62.6 Å². The number of hydrogen-bond donors (Lipinski definition) is 1. The SMILES string of the molecule is Cn1nc(C(=O)N2CCCCC2)c2c1CCC(NCC1(N3CCOCC3)CCCCCC1)C2. The summed E-state index contributed by atoms with van der Waals surface area (Å²) in [6.45, 7) is 6.68. The Morgan fingerprint density at radius 3 is 2.45 bits per heavy atom. The number of morpholine rings is 1. The standard InChI is InChI=1S/C26H43N5O2/c1-29-23-10-9-21(19-22(23)24(28-29)25(32)30-13-7-4-8-14-30)27-20-26(11-5-2-3-6-12-26)31-15-17-33-18-16-31/h21,27H,2-20H2,1H3. The van der Waals surface area contributed by atoms with Crippen molar-refractivity contribution in [1.29, 1.82) is 0 Å². The van der Waals surface area contributed by atoms with Crippen LogP contribution in [0, 0.1) is 0 Å². The number of rotatable bonds is 5. The Hall–Kier alpha value is -1.44. The number of aryl methyl sites for hydroxylation is 1. The molecule has 5 rings (SSSR count). The third-order valence-corrected chi connectivity index (χ3v) is 8.74. The van der Waals surface area contributed by atoms with Gasteiger partial charge in [-0.15, -0.1) is 0 Å². The smallest absolute Gasteiger partial charge is 0.274 e. The van der Waals surface area contributed by atoms with Crippen molar-refractivity contribution in [1.82, 2.24) is 24.9 Å². The number of hydrogen-bond acceptors (Lipinski definition) is 5. The molecular formula is C26H43N5O2. The highest BCUT2D eigenvalue weighted by Crippen LogP contribution is 2.34. The van der Waals surface area contributed by atoms with Crippen LogP contribution in [0.3, 0.4) is 0 Å². The van der Waals surface area contributed by atoms with Crippen molar-refractivity contribution in [2.75, 3.05) is 45.9 Å². The third kappa shape index (κ3) is 5.01. The summed E-state index contributed by atoms with van der Waals surface area (Å²) < 4.78 is 7.66. The highest BCUT2D eigenvalue weighted by atomic mass is 16.5. The van der Waals surface area contributed by atoms with Gasteiger partial charge in [-0.2, -0.15) is 5.10 Å². The lowest BCUT2D eigenvalue weighted by atomic mass is 9.85. The van der Waals surface area contributed by atoms with Gasteiger partial charge in [0.25, 0.3) is 5.91 Å². The van der Waals surface area contributed by atoms with E-state index in [1.165, 1.54) is 56.2 Å². The van der Waals surface area contributed by atoms with Gasteiger partial charge in [-0.05, 0) is 51.4 Å². The summed E-state index contributed by atoms with van der Waals surface area (Å²) in [5.41, 5.74) is 3.46. The summed E-state index contributed by atoms with van der Waals surface area (Å²) in [7, 11) is 2.01. The van der Waals surface area contributed by atoms with Crippen molar-refractivity contribution < 1.29 is 9.53 Å². The molecule has 1 atom stereocenters. The van der Waals surface area contributed by atoms with Gasteiger partial charge in [-0.3, -0.25) is 14.4 Å². The Kier molecular flexibility index (Phi) is 7.38. The monoisotopic (exact) mass is 457 g/mol. The minimum Gasteiger partial charge on any atom is -0.379 e. The Bertz CT molecular complexity index is 802. The van der Waals surface area contributed by atoms with E-state index >= 15 is 0 Å². The van der Waals surface area contributed by atoms with Gasteiger partial charge in [0.15, 0.2) is 5.69 Å². The summed E-state index contributed by atoms with van der Waals surface area (Å²) in [6.07, 6.45) is 14.6. The van der Waals surface area contributed by atoms with Crippen molar-refractivity contribution in [2.45, 2.75) is 88.6 Å². The van der Waals surface area contributed by atoms with Gasteiger partial charge >= 0.3 is 0 Å². The molecule has 1 amide bonds. The zero-order chi connectivity index (χ0) is 22.7. The minimum absolute atomic E-state index is 0.153. The molecule has 7 nitrogen and oxygen atoms in total. The number of fused-ring (bicyclic) bond motifs is 1. The summed E-state index contributed by atoms with van der Waals surface area (Å²) in [6, 6.07) is 0.427. The summed E-state index contributed by atoms with van der Waals surface area (Å²) >= 11 is 0. The van der Waals surface area contributed by atoms with E-state index in [1.54, 1.807) is 0 Å². The second-order valence-corrected chi connectivity index (χ2v) is 10.8. The van der Waals surface area contributed by atoms with E-state index in [4.69, 9.17) is 9.84 Å². The fourth-order valence-corrected chi connectivity index (χ4v) is 6.75.